The fraction of sp³-hybridized carbons (Fsp3) is 0.816. The summed E-state index contributed by atoms with van der Waals surface area (Å²) in [6.45, 7) is 2.44. The lowest BCUT2D eigenvalue weighted by molar-refractivity contribution is -0.142. The number of carbonyl (C=O) groups is 7. The maximum atomic E-state index is 12.6. The number of aliphatic hydroxyl groups excluding tert-OH is 1. The molecule has 312 valence electrons. The highest BCUT2D eigenvalue weighted by Gasteiger charge is 2.24. The van der Waals surface area contributed by atoms with Crippen LogP contribution in [0.1, 0.15) is 142 Å². The van der Waals surface area contributed by atoms with Crippen LogP contribution in [-0.2, 0) is 43.0 Å². The minimum absolute atomic E-state index is 0.0619. The molecule has 0 bridgehead atoms. The number of rotatable bonds is 38. The van der Waals surface area contributed by atoms with Crippen molar-refractivity contribution >= 4 is 41.4 Å². The third kappa shape index (κ3) is 31.9. The zero-order valence-corrected chi connectivity index (χ0v) is 32.5. The number of ketones is 1. The lowest BCUT2D eigenvalue weighted by atomic mass is 10.0. The van der Waals surface area contributed by atoms with Gasteiger partial charge in [-0.3, -0.25) is 28.8 Å². The Labute approximate surface area is 320 Å². The Morgan fingerprint density at radius 1 is 0.519 bits per heavy atom. The molecule has 0 aliphatic carbocycles. The minimum atomic E-state index is -1.28. The Hall–Kier alpha value is -3.63. The average molecular weight is 773 g/mol. The lowest BCUT2D eigenvalue weighted by Crippen LogP contribution is -2.45. The first-order chi connectivity index (χ1) is 26.0. The summed E-state index contributed by atoms with van der Waals surface area (Å²) in [5, 5.41) is 37.8. The van der Waals surface area contributed by atoms with E-state index in [1.165, 1.54) is 32.1 Å². The number of hydrogen-bond donors (Lipinski definition) is 7. The number of ether oxygens (including phenoxy) is 2. The minimum Gasteiger partial charge on any atom is -0.481 e. The van der Waals surface area contributed by atoms with E-state index < -0.39 is 54.1 Å². The molecule has 0 aliphatic rings. The molecular formula is C38H68N4O12. The first-order valence-corrected chi connectivity index (χ1v) is 19.9. The second-order valence-electron chi connectivity index (χ2n) is 13.5. The van der Waals surface area contributed by atoms with Gasteiger partial charge in [0.25, 0.3) is 0 Å². The molecule has 0 radical (unpaired) electrons. The smallest absolute Gasteiger partial charge is 0.326 e. The summed E-state index contributed by atoms with van der Waals surface area (Å²) in [7, 11) is 0. The van der Waals surface area contributed by atoms with Crippen molar-refractivity contribution in [2.24, 2.45) is 0 Å². The van der Waals surface area contributed by atoms with Gasteiger partial charge in [0.05, 0.1) is 25.9 Å². The molecule has 0 unspecified atom stereocenters. The van der Waals surface area contributed by atoms with Gasteiger partial charge in [-0.05, 0) is 32.1 Å². The molecule has 0 aromatic heterocycles. The van der Waals surface area contributed by atoms with Crippen LogP contribution in [0.5, 0.6) is 0 Å². The fourth-order valence-electron chi connectivity index (χ4n) is 5.50. The van der Waals surface area contributed by atoms with Gasteiger partial charge in [-0.2, -0.15) is 0 Å². The molecule has 0 rings (SSSR count). The standard InChI is InChI=1S/C38H68N4O12/c1-2-23-39-36(48)29-54-27-26-53-25-24-40-33(45)21-19-30(32(44)28-43)41-35(47)22-20-31(38(51)52)42-34(46)17-15-13-11-9-7-5-3-4-6-8-10-12-14-16-18-37(49)50/h30-31,43H,2-29H2,1H3,(H,39,48)(H,40,45)(H,41,47)(H,42,46)(H,49,50)(H,51,52)/t30-,31-/m0/s1. The largest absolute Gasteiger partial charge is 0.481 e. The fourth-order valence-corrected chi connectivity index (χ4v) is 5.50. The van der Waals surface area contributed by atoms with Gasteiger partial charge in [0.2, 0.25) is 23.6 Å². The number of nitrogens with one attached hydrogen (secondary N) is 4. The Morgan fingerprint density at radius 3 is 1.52 bits per heavy atom. The number of unbranched alkanes of at least 4 members (excludes halogenated alkanes) is 13. The van der Waals surface area contributed by atoms with E-state index in [9.17, 15) is 43.8 Å². The maximum absolute atomic E-state index is 12.6. The molecule has 0 fully saturated rings. The van der Waals surface area contributed by atoms with E-state index in [0.29, 0.717) is 13.0 Å². The molecule has 0 spiro atoms. The molecule has 0 heterocycles. The zero-order chi connectivity index (χ0) is 40.2. The van der Waals surface area contributed by atoms with E-state index in [4.69, 9.17) is 14.6 Å². The molecule has 0 saturated heterocycles. The van der Waals surface area contributed by atoms with E-state index in [1.807, 2.05) is 6.92 Å². The second-order valence-corrected chi connectivity index (χ2v) is 13.5. The summed E-state index contributed by atoms with van der Waals surface area (Å²) >= 11 is 0. The summed E-state index contributed by atoms with van der Waals surface area (Å²) in [5.74, 6) is -4.36. The van der Waals surface area contributed by atoms with Crippen molar-refractivity contribution in [3.8, 4) is 0 Å². The number of carbonyl (C=O) groups excluding carboxylic acids is 5. The molecule has 2 atom stereocenters. The van der Waals surface area contributed by atoms with Crippen LogP contribution >= 0.6 is 0 Å². The van der Waals surface area contributed by atoms with E-state index in [2.05, 4.69) is 21.3 Å². The monoisotopic (exact) mass is 772 g/mol. The van der Waals surface area contributed by atoms with Crippen molar-refractivity contribution in [2.75, 3.05) is 46.1 Å². The molecule has 7 N–H and O–H groups in total. The highest BCUT2D eigenvalue weighted by molar-refractivity contribution is 5.90. The average Bonchev–Trinajstić information content (AvgIpc) is 3.14. The van der Waals surface area contributed by atoms with Crippen LogP contribution in [0.15, 0.2) is 0 Å². The number of aliphatic carboxylic acids is 2. The normalized spacial score (nSPS) is 12.0. The lowest BCUT2D eigenvalue weighted by Gasteiger charge is -2.18. The summed E-state index contributed by atoms with van der Waals surface area (Å²) in [4.78, 5) is 83.1. The van der Waals surface area contributed by atoms with Crippen molar-refractivity contribution in [3.63, 3.8) is 0 Å². The molecule has 16 heteroatoms. The van der Waals surface area contributed by atoms with E-state index in [0.717, 1.165) is 57.8 Å². The zero-order valence-electron chi connectivity index (χ0n) is 32.5. The molecule has 0 aliphatic heterocycles. The van der Waals surface area contributed by atoms with Crippen LogP contribution in [0.4, 0.5) is 0 Å². The summed E-state index contributed by atoms with van der Waals surface area (Å²) in [6, 6.07) is -2.43. The van der Waals surface area contributed by atoms with Crippen molar-refractivity contribution in [1.29, 1.82) is 0 Å². The van der Waals surface area contributed by atoms with Crippen molar-refractivity contribution < 1.29 is 58.4 Å². The number of carboxylic acids is 2. The van der Waals surface area contributed by atoms with E-state index >= 15 is 0 Å². The highest BCUT2D eigenvalue weighted by Crippen LogP contribution is 2.14. The van der Waals surface area contributed by atoms with Crippen molar-refractivity contribution in [1.82, 2.24) is 21.3 Å². The number of hydrogen-bond acceptors (Lipinski definition) is 10. The van der Waals surface area contributed by atoms with Gasteiger partial charge >= 0.3 is 11.9 Å². The summed E-state index contributed by atoms with van der Waals surface area (Å²) in [5.41, 5.74) is 0. The quantitative estimate of drug-likeness (QED) is 0.0448. The van der Waals surface area contributed by atoms with Crippen LogP contribution in [-0.4, -0.2) is 115 Å². The van der Waals surface area contributed by atoms with Gasteiger partial charge < -0.3 is 46.1 Å². The Morgan fingerprint density at radius 2 is 0.981 bits per heavy atom. The first-order valence-electron chi connectivity index (χ1n) is 19.9. The highest BCUT2D eigenvalue weighted by atomic mass is 16.5. The van der Waals surface area contributed by atoms with Crippen LogP contribution < -0.4 is 21.3 Å². The number of carboxylic acid groups (broad SMARTS) is 2. The van der Waals surface area contributed by atoms with Gasteiger partial charge in [-0.15, -0.1) is 0 Å². The van der Waals surface area contributed by atoms with Gasteiger partial charge in [-0.1, -0.05) is 84.0 Å². The predicted octanol–water partition coefficient (Wildman–Crippen LogP) is 3.16. The summed E-state index contributed by atoms with van der Waals surface area (Å²) in [6.07, 6.45) is 15.3. The van der Waals surface area contributed by atoms with Crippen LogP contribution in [0.25, 0.3) is 0 Å². The van der Waals surface area contributed by atoms with Gasteiger partial charge in [0, 0.05) is 38.8 Å². The van der Waals surface area contributed by atoms with Gasteiger partial charge in [0.1, 0.15) is 19.3 Å². The van der Waals surface area contributed by atoms with Crippen LogP contribution in [0, 0.1) is 0 Å². The third-order valence-electron chi connectivity index (χ3n) is 8.62. The van der Waals surface area contributed by atoms with Gasteiger partial charge in [0.15, 0.2) is 5.78 Å². The van der Waals surface area contributed by atoms with E-state index in [1.54, 1.807) is 0 Å². The Kier molecular flexibility index (Phi) is 32.7. The first kappa shape index (κ1) is 50.4. The van der Waals surface area contributed by atoms with Crippen molar-refractivity contribution in [2.45, 2.75) is 154 Å². The SMILES string of the molecule is CCCNC(=O)COCCOCCNC(=O)CC[C@H](NC(=O)CC[C@H](NC(=O)CCCCCCCCCCCCCCCCC(=O)O)C(=O)O)C(=O)CO. The van der Waals surface area contributed by atoms with Crippen molar-refractivity contribution in [3.05, 3.63) is 0 Å². The van der Waals surface area contributed by atoms with Crippen LogP contribution in [0.2, 0.25) is 0 Å². The predicted molar refractivity (Wildman–Crippen MR) is 202 cm³/mol. The van der Waals surface area contributed by atoms with Gasteiger partial charge in [-0.25, -0.2) is 4.79 Å². The molecule has 16 nitrogen and oxygen atoms in total. The number of aliphatic hydroxyl groups is 1. The van der Waals surface area contributed by atoms with Crippen LogP contribution in [0.3, 0.4) is 0 Å². The molecular weight excluding hydrogens is 704 g/mol. The molecule has 4 amide bonds. The molecule has 0 aromatic rings. The van der Waals surface area contributed by atoms with E-state index in [-0.39, 0.29) is 77.4 Å². The number of amides is 4. The Balaban J connectivity index is 4.13. The molecule has 0 saturated carbocycles. The Bertz CT molecular complexity index is 1070. The molecule has 54 heavy (non-hydrogen) atoms. The second kappa shape index (κ2) is 35.1. The maximum Gasteiger partial charge on any atom is 0.326 e. The molecule has 0 aromatic carbocycles. The third-order valence-corrected chi connectivity index (χ3v) is 8.62. The topological polar surface area (TPSA) is 247 Å². The number of Topliss-reactive ketones (excluding diaryl/α,β-unsaturated/α-hetero) is 1. The summed E-state index contributed by atoms with van der Waals surface area (Å²) < 4.78 is 10.5.